The third-order valence-corrected chi connectivity index (χ3v) is 6.95. The summed E-state index contributed by atoms with van der Waals surface area (Å²) >= 11 is 12.1. The molecular weight excluding hydrogens is 573 g/mol. The van der Waals surface area contributed by atoms with E-state index in [9.17, 15) is 35.9 Å². The van der Waals surface area contributed by atoms with Crippen LogP contribution in [0.2, 0.25) is 10.0 Å². The number of carbonyl (C=O) groups excluding carboxylic acids is 2. The van der Waals surface area contributed by atoms with Crippen LogP contribution in [0.1, 0.15) is 34.4 Å². The van der Waals surface area contributed by atoms with Gasteiger partial charge < -0.3 is 9.80 Å². The Morgan fingerprint density at radius 2 is 1.54 bits per heavy atom. The van der Waals surface area contributed by atoms with Crippen LogP contribution in [0.15, 0.2) is 48.7 Å². The van der Waals surface area contributed by atoms with Gasteiger partial charge in [0.25, 0.3) is 0 Å². The average molecular weight is 593 g/mol. The molecule has 6 nitrogen and oxygen atoms in total. The van der Waals surface area contributed by atoms with Crippen molar-refractivity contribution in [3.05, 3.63) is 86.7 Å². The molecular formula is C25H20Cl2F6N4O2. The third-order valence-electron chi connectivity index (χ3n) is 6.21. The van der Waals surface area contributed by atoms with Gasteiger partial charge in [-0.3, -0.25) is 14.7 Å². The summed E-state index contributed by atoms with van der Waals surface area (Å²) in [5.41, 5.74) is -2.34. The maximum atomic E-state index is 13.8. The molecule has 208 valence electrons. The molecule has 1 saturated heterocycles. The normalized spacial score (nSPS) is 17.1. The molecule has 1 fully saturated rings. The van der Waals surface area contributed by atoms with Gasteiger partial charge in [-0.05, 0) is 47.5 Å². The number of aromatic amines is 1. The summed E-state index contributed by atoms with van der Waals surface area (Å²) in [7, 11) is 0. The van der Waals surface area contributed by atoms with Crippen LogP contribution in [0.5, 0.6) is 0 Å². The highest BCUT2D eigenvalue weighted by molar-refractivity contribution is 6.42. The summed E-state index contributed by atoms with van der Waals surface area (Å²) in [5.74, 6) is -1.08. The number of hydrogen-bond donors (Lipinski definition) is 1. The first kappa shape index (κ1) is 28.8. The molecule has 1 aliphatic heterocycles. The van der Waals surface area contributed by atoms with Gasteiger partial charge in [0.15, 0.2) is 0 Å². The number of amides is 2. The van der Waals surface area contributed by atoms with Crippen LogP contribution in [0, 0.1) is 0 Å². The lowest BCUT2D eigenvalue weighted by molar-refractivity contribution is -0.143. The molecule has 0 radical (unpaired) electrons. The third kappa shape index (κ3) is 6.85. The Kier molecular flexibility index (Phi) is 8.17. The Bertz CT molecular complexity index is 1330. The zero-order chi connectivity index (χ0) is 28.5. The fourth-order valence-corrected chi connectivity index (χ4v) is 4.65. The van der Waals surface area contributed by atoms with Crippen LogP contribution in [-0.2, 0) is 41.5 Å². The summed E-state index contributed by atoms with van der Waals surface area (Å²) < 4.78 is 80.3. The first-order valence-corrected chi connectivity index (χ1v) is 12.3. The second-order valence-electron chi connectivity index (χ2n) is 8.98. The first-order chi connectivity index (χ1) is 18.2. The van der Waals surface area contributed by atoms with Crippen molar-refractivity contribution < 1.29 is 35.9 Å². The van der Waals surface area contributed by atoms with E-state index < -0.39 is 47.9 Å². The van der Waals surface area contributed by atoms with Gasteiger partial charge in [-0.2, -0.15) is 31.4 Å². The number of carbonyl (C=O) groups is 2. The van der Waals surface area contributed by atoms with Crippen LogP contribution >= 0.6 is 23.2 Å². The van der Waals surface area contributed by atoms with Crippen LogP contribution in [-0.4, -0.2) is 44.4 Å². The first-order valence-electron chi connectivity index (χ1n) is 11.5. The summed E-state index contributed by atoms with van der Waals surface area (Å²) in [4.78, 5) is 29.3. The van der Waals surface area contributed by atoms with E-state index in [1.807, 2.05) is 0 Å². The molecule has 2 amide bonds. The van der Waals surface area contributed by atoms with E-state index in [0.717, 1.165) is 4.90 Å². The van der Waals surface area contributed by atoms with Gasteiger partial charge in [-0.25, -0.2) is 0 Å². The maximum absolute atomic E-state index is 13.8. The fraction of sp³-hybridized carbons (Fsp3) is 0.320. The van der Waals surface area contributed by atoms with Gasteiger partial charge in [-0.1, -0.05) is 29.3 Å². The number of nitrogens with zero attached hydrogens (tertiary/aromatic N) is 3. The molecule has 3 aromatic rings. The van der Waals surface area contributed by atoms with Crippen LogP contribution < -0.4 is 0 Å². The highest BCUT2D eigenvalue weighted by Gasteiger charge is 2.39. The molecule has 14 heteroatoms. The second kappa shape index (κ2) is 11.1. The molecule has 39 heavy (non-hydrogen) atoms. The van der Waals surface area contributed by atoms with Gasteiger partial charge in [0.2, 0.25) is 11.8 Å². The lowest BCUT2D eigenvalue weighted by Crippen LogP contribution is -2.48. The predicted molar refractivity (Wildman–Crippen MR) is 130 cm³/mol. The standard InChI is InChI=1S/C25H20Cl2F6N4O2/c26-19-2-1-14(9-20(19)27)10-21-23(39)36(6-4-22(38)37(21)13-18-3-5-34-35-18)12-15-7-16(24(28,29)30)11-17(8-15)25(31,32)33/h1-3,5,7-9,11,21H,4,6,10,12-13H2,(H,34,35)/t21-/m0/s1. The smallest absolute Gasteiger partial charge is 0.336 e. The summed E-state index contributed by atoms with van der Waals surface area (Å²) in [6.45, 7) is -0.812. The lowest BCUT2D eigenvalue weighted by atomic mass is 10.0. The Hall–Kier alpha value is -3.25. The SMILES string of the molecule is O=C1[C@H](Cc2ccc(Cl)c(Cl)c2)N(Cc2cc[nH]n2)C(=O)CCN1Cc1cc(C(F)(F)F)cc(C(F)(F)F)c1. The molecule has 4 rings (SSSR count). The molecule has 1 aliphatic rings. The Labute approximate surface area is 228 Å². The van der Waals surface area contributed by atoms with Crippen LogP contribution in [0.25, 0.3) is 0 Å². The van der Waals surface area contributed by atoms with Crippen molar-refractivity contribution in [1.82, 2.24) is 20.0 Å². The van der Waals surface area contributed by atoms with Gasteiger partial charge >= 0.3 is 12.4 Å². The predicted octanol–water partition coefficient (Wildman–Crippen LogP) is 6.13. The number of benzene rings is 2. The number of rotatable bonds is 6. The van der Waals surface area contributed by atoms with Crippen molar-refractivity contribution in [2.75, 3.05) is 6.54 Å². The summed E-state index contributed by atoms with van der Waals surface area (Å²) in [6, 6.07) is 6.28. The van der Waals surface area contributed by atoms with E-state index in [0.29, 0.717) is 23.4 Å². The molecule has 0 unspecified atom stereocenters. The highest BCUT2D eigenvalue weighted by atomic mass is 35.5. The van der Waals surface area contributed by atoms with Crippen molar-refractivity contribution in [2.45, 2.75) is 44.3 Å². The van der Waals surface area contributed by atoms with Crippen molar-refractivity contribution in [3.8, 4) is 0 Å². The molecule has 2 heterocycles. The van der Waals surface area contributed by atoms with E-state index in [1.54, 1.807) is 12.1 Å². The number of halogens is 8. The Morgan fingerprint density at radius 1 is 0.872 bits per heavy atom. The monoisotopic (exact) mass is 592 g/mol. The van der Waals surface area contributed by atoms with E-state index in [-0.39, 0.29) is 47.6 Å². The van der Waals surface area contributed by atoms with E-state index in [1.165, 1.54) is 23.2 Å². The molecule has 0 aliphatic carbocycles. The summed E-state index contributed by atoms with van der Waals surface area (Å²) in [6.07, 6.45) is -8.76. The van der Waals surface area contributed by atoms with Crippen molar-refractivity contribution >= 4 is 35.0 Å². The van der Waals surface area contributed by atoms with Crippen molar-refractivity contribution in [2.24, 2.45) is 0 Å². The summed E-state index contributed by atoms with van der Waals surface area (Å²) in [5, 5.41) is 7.12. The molecule has 1 aromatic heterocycles. The highest BCUT2D eigenvalue weighted by Crippen LogP contribution is 2.37. The molecule has 1 N–H and O–H groups in total. The average Bonchev–Trinajstić information content (AvgIpc) is 3.34. The van der Waals surface area contributed by atoms with Gasteiger partial charge in [0, 0.05) is 32.1 Å². The van der Waals surface area contributed by atoms with E-state index >= 15 is 0 Å². The van der Waals surface area contributed by atoms with Gasteiger partial charge in [0.1, 0.15) is 6.04 Å². The molecule has 0 saturated carbocycles. The number of H-pyrrole nitrogens is 1. The topological polar surface area (TPSA) is 69.3 Å². The van der Waals surface area contributed by atoms with Gasteiger partial charge in [-0.15, -0.1) is 0 Å². The minimum Gasteiger partial charge on any atom is -0.336 e. The van der Waals surface area contributed by atoms with Crippen molar-refractivity contribution in [1.29, 1.82) is 0 Å². The number of nitrogens with one attached hydrogen (secondary N) is 1. The maximum Gasteiger partial charge on any atom is 0.416 e. The second-order valence-corrected chi connectivity index (χ2v) is 9.79. The van der Waals surface area contributed by atoms with E-state index in [2.05, 4.69) is 10.2 Å². The largest absolute Gasteiger partial charge is 0.416 e. The van der Waals surface area contributed by atoms with E-state index in [4.69, 9.17) is 23.2 Å². The Morgan fingerprint density at radius 3 is 2.10 bits per heavy atom. The minimum atomic E-state index is -5.04. The zero-order valence-electron chi connectivity index (χ0n) is 19.9. The Balaban J connectivity index is 1.70. The molecule has 0 bridgehead atoms. The lowest BCUT2D eigenvalue weighted by Gasteiger charge is -2.31. The number of alkyl halides is 6. The molecule has 1 atom stereocenters. The quantitative estimate of drug-likeness (QED) is 0.350. The van der Waals surface area contributed by atoms with Gasteiger partial charge in [0.05, 0.1) is 33.4 Å². The molecule has 0 spiro atoms. The fourth-order valence-electron chi connectivity index (χ4n) is 4.33. The zero-order valence-corrected chi connectivity index (χ0v) is 21.4. The minimum absolute atomic E-state index is 0.0238. The molecule has 2 aromatic carbocycles. The number of hydrogen-bond acceptors (Lipinski definition) is 3. The van der Waals surface area contributed by atoms with Crippen LogP contribution in [0.4, 0.5) is 26.3 Å². The number of aromatic nitrogens is 2. The van der Waals surface area contributed by atoms with Crippen molar-refractivity contribution in [3.63, 3.8) is 0 Å². The van der Waals surface area contributed by atoms with Crippen LogP contribution in [0.3, 0.4) is 0 Å².